The maximum atomic E-state index is 13.6. The minimum atomic E-state index is -0.391. The van der Waals surface area contributed by atoms with E-state index >= 15 is 0 Å². The molecule has 0 aromatic heterocycles. The third-order valence-electron chi connectivity index (χ3n) is 5.61. The Morgan fingerprint density at radius 2 is 1.48 bits per heavy atom. The average Bonchev–Trinajstić information content (AvgIpc) is 3.01. The number of carbonyl (C=O) groups is 2. The molecule has 0 saturated carbocycles. The van der Waals surface area contributed by atoms with Gasteiger partial charge in [0.05, 0.1) is 18.4 Å². The van der Waals surface area contributed by atoms with Crippen LogP contribution in [0.25, 0.3) is 5.57 Å². The number of nitrogens with zero attached hydrogens (tertiary/aromatic N) is 1. The van der Waals surface area contributed by atoms with Gasteiger partial charge in [0.2, 0.25) is 0 Å². The smallest absolute Gasteiger partial charge is 0.282 e. The lowest BCUT2D eigenvalue weighted by molar-refractivity contribution is -0.120. The van der Waals surface area contributed by atoms with Crippen molar-refractivity contribution in [2.24, 2.45) is 0 Å². The molecule has 3 aromatic rings. The molecular formula is C26H24N2O3. The van der Waals surface area contributed by atoms with Crippen molar-refractivity contribution in [3.8, 4) is 5.75 Å². The van der Waals surface area contributed by atoms with Crippen molar-refractivity contribution in [1.82, 2.24) is 0 Å². The molecule has 0 radical (unpaired) electrons. The number of ether oxygens (including phenoxy) is 1. The first-order chi connectivity index (χ1) is 14.9. The van der Waals surface area contributed by atoms with Crippen molar-refractivity contribution < 1.29 is 14.3 Å². The first-order valence-electron chi connectivity index (χ1n) is 10.1. The highest BCUT2D eigenvalue weighted by atomic mass is 16.5. The van der Waals surface area contributed by atoms with Crippen molar-refractivity contribution in [1.29, 1.82) is 0 Å². The van der Waals surface area contributed by atoms with Gasteiger partial charge in [0.1, 0.15) is 11.4 Å². The van der Waals surface area contributed by atoms with Crippen molar-refractivity contribution >= 4 is 28.8 Å². The molecule has 4 rings (SSSR count). The number of amides is 2. The number of imide groups is 1. The second kappa shape index (κ2) is 8.11. The number of hydrogen-bond acceptors (Lipinski definition) is 4. The normalized spacial score (nSPS) is 13.7. The lowest BCUT2D eigenvalue weighted by atomic mass is 10.0. The van der Waals surface area contributed by atoms with E-state index in [1.807, 2.05) is 69.3 Å². The van der Waals surface area contributed by atoms with Crippen LogP contribution in [0.1, 0.15) is 22.3 Å². The molecule has 1 aliphatic rings. The number of methoxy groups -OCH3 is 1. The SMILES string of the molecule is COc1ccccc1C1=C(Nc2ccccc2C)C(=O)N(c2ccc(C)c(C)c2)C1=O. The zero-order valence-corrected chi connectivity index (χ0v) is 18.0. The fraction of sp³-hybridized carbons (Fsp3) is 0.154. The number of anilines is 2. The minimum Gasteiger partial charge on any atom is -0.496 e. The number of carbonyl (C=O) groups excluding carboxylic acids is 2. The van der Waals surface area contributed by atoms with Crippen molar-refractivity contribution in [3.05, 3.63) is 94.7 Å². The molecule has 0 spiro atoms. The minimum absolute atomic E-state index is 0.238. The zero-order valence-electron chi connectivity index (χ0n) is 18.0. The molecule has 2 amide bonds. The molecule has 1 heterocycles. The van der Waals surface area contributed by atoms with Gasteiger partial charge < -0.3 is 10.1 Å². The van der Waals surface area contributed by atoms with Crippen LogP contribution in [-0.2, 0) is 9.59 Å². The molecule has 0 bridgehead atoms. The molecular weight excluding hydrogens is 388 g/mol. The maximum Gasteiger partial charge on any atom is 0.282 e. The Balaban J connectivity index is 1.89. The summed E-state index contributed by atoms with van der Waals surface area (Å²) in [5.74, 6) is -0.240. The highest BCUT2D eigenvalue weighted by Gasteiger charge is 2.41. The van der Waals surface area contributed by atoms with Gasteiger partial charge in [-0.25, -0.2) is 4.90 Å². The van der Waals surface area contributed by atoms with E-state index in [0.717, 1.165) is 22.4 Å². The molecule has 5 nitrogen and oxygen atoms in total. The quantitative estimate of drug-likeness (QED) is 0.598. The highest BCUT2D eigenvalue weighted by Crippen LogP contribution is 2.38. The number of benzene rings is 3. The van der Waals surface area contributed by atoms with Crippen LogP contribution >= 0.6 is 0 Å². The Kier molecular flexibility index (Phi) is 5.34. The van der Waals surface area contributed by atoms with Crippen LogP contribution in [0.4, 0.5) is 11.4 Å². The standard InChI is InChI=1S/C26H24N2O3/c1-16-13-14-19(15-18(16)3)28-25(29)23(20-10-6-8-12-22(20)31-4)24(26(28)30)27-21-11-7-5-9-17(21)2/h5-15,27H,1-4H3. The number of nitrogens with one attached hydrogen (secondary N) is 1. The van der Waals surface area contributed by atoms with Gasteiger partial charge in [0.25, 0.3) is 11.8 Å². The maximum absolute atomic E-state index is 13.6. The monoisotopic (exact) mass is 412 g/mol. The fourth-order valence-electron chi connectivity index (χ4n) is 3.69. The van der Waals surface area contributed by atoms with Crippen molar-refractivity contribution in [2.45, 2.75) is 20.8 Å². The summed E-state index contributed by atoms with van der Waals surface area (Å²) in [6.45, 7) is 5.91. The third kappa shape index (κ3) is 3.59. The second-order valence-corrected chi connectivity index (χ2v) is 7.60. The van der Waals surface area contributed by atoms with Gasteiger partial charge in [-0.05, 0) is 61.7 Å². The van der Waals surface area contributed by atoms with Gasteiger partial charge in [-0.3, -0.25) is 9.59 Å². The number of para-hydroxylation sites is 2. The van der Waals surface area contributed by atoms with Gasteiger partial charge in [0, 0.05) is 11.3 Å². The Bertz CT molecular complexity index is 1230. The number of hydrogen-bond donors (Lipinski definition) is 1. The molecule has 3 aromatic carbocycles. The Morgan fingerprint density at radius 1 is 0.774 bits per heavy atom. The molecule has 0 fully saturated rings. The van der Waals surface area contributed by atoms with Gasteiger partial charge in [-0.15, -0.1) is 0 Å². The zero-order chi connectivity index (χ0) is 22.1. The van der Waals surface area contributed by atoms with E-state index in [1.54, 1.807) is 25.3 Å². The topological polar surface area (TPSA) is 58.6 Å². The molecule has 0 saturated heterocycles. The van der Waals surface area contributed by atoms with Crippen molar-refractivity contribution in [2.75, 3.05) is 17.3 Å². The summed E-state index contributed by atoms with van der Waals surface area (Å²) in [6, 6.07) is 20.5. The van der Waals surface area contributed by atoms with E-state index in [9.17, 15) is 9.59 Å². The summed E-state index contributed by atoms with van der Waals surface area (Å²) in [7, 11) is 1.55. The lowest BCUT2D eigenvalue weighted by Crippen LogP contribution is -2.32. The Morgan fingerprint density at radius 3 is 2.19 bits per heavy atom. The van der Waals surface area contributed by atoms with E-state index in [2.05, 4.69) is 5.32 Å². The Labute approximate surface area is 182 Å². The van der Waals surface area contributed by atoms with E-state index in [0.29, 0.717) is 22.6 Å². The molecule has 0 atom stereocenters. The molecule has 156 valence electrons. The summed E-state index contributed by atoms with van der Waals surface area (Å²) >= 11 is 0. The first kappa shape index (κ1) is 20.4. The number of rotatable bonds is 5. The number of aryl methyl sites for hydroxylation is 3. The average molecular weight is 412 g/mol. The predicted octanol–water partition coefficient (Wildman–Crippen LogP) is 5.02. The fourth-order valence-corrected chi connectivity index (χ4v) is 3.69. The molecule has 1 N–H and O–H groups in total. The molecule has 5 heteroatoms. The van der Waals surface area contributed by atoms with Crippen LogP contribution < -0.4 is 15.0 Å². The third-order valence-corrected chi connectivity index (χ3v) is 5.61. The van der Waals surface area contributed by atoms with E-state index in [4.69, 9.17) is 4.74 Å². The van der Waals surface area contributed by atoms with E-state index < -0.39 is 5.91 Å². The Hall–Kier alpha value is -3.86. The van der Waals surface area contributed by atoms with Crippen LogP contribution in [0.2, 0.25) is 0 Å². The summed E-state index contributed by atoms with van der Waals surface area (Å²) < 4.78 is 5.50. The van der Waals surface area contributed by atoms with Crippen molar-refractivity contribution in [3.63, 3.8) is 0 Å². The largest absolute Gasteiger partial charge is 0.496 e. The molecule has 31 heavy (non-hydrogen) atoms. The van der Waals surface area contributed by atoms with Crippen LogP contribution in [-0.4, -0.2) is 18.9 Å². The lowest BCUT2D eigenvalue weighted by Gasteiger charge is -2.17. The van der Waals surface area contributed by atoms with E-state index in [-0.39, 0.29) is 11.6 Å². The summed E-state index contributed by atoms with van der Waals surface area (Å²) in [6.07, 6.45) is 0. The van der Waals surface area contributed by atoms with E-state index in [1.165, 1.54) is 4.90 Å². The van der Waals surface area contributed by atoms with Crippen LogP contribution in [0.15, 0.2) is 72.4 Å². The van der Waals surface area contributed by atoms with Crippen LogP contribution in [0, 0.1) is 20.8 Å². The second-order valence-electron chi connectivity index (χ2n) is 7.60. The molecule has 1 aliphatic heterocycles. The molecule has 0 aliphatic carbocycles. The summed E-state index contributed by atoms with van der Waals surface area (Å²) in [5.41, 5.74) is 5.51. The van der Waals surface area contributed by atoms with Gasteiger partial charge in [0.15, 0.2) is 0 Å². The van der Waals surface area contributed by atoms with Gasteiger partial charge in [-0.1, -0.05) is 42.5 Å². The molecule has 0 unspecified atom stereocenters. The summed E-state index contributed by atoms with van der Waals surface area (Å²) in [5, 5.41) is 3.23. The van der Waals surface area contributed by atoms with Crippen LogP contribution in [0.5, 0.6) is 5.75 Å². The van der Waals surface area contributed by atoms with Gasteiger partial charge in [-0.2, -0.15) is 0 Å². The highest BCUT2D eigenvalue weighted by molar-refractivity contribution is 6.46. The predicted molar refractivity (Wildman–Crippen MR) is 123 cm³/mol. The first-order valence-corrected chi connectivity index (χ1v) is 10.1. The summed E-state index contributed by atoms with van der Waals surface area (Å²) in [4.78, 5) is 28.4. The van der Waals surface area contributed by atoms with Gasteiger partial charge >= 0.3 is 0 Å². The van der Waals surface area contributed by atoms with Crippen LogP contribution in [0.3, 0.4) is 0 Å².